The molecule has 2 rings (SSSR count). The van der Waals surface area contributed by atoms with Crippen molar-refractivity contribution in [2.24, 2.45) is 5.92 Å². The lowest BCUT2D eigenvalue weighted by atomic mass is 10.0. The SMILES string of the molecule is CC[C@H](C)[C@H](NS(=O)(=O)c1c[nH]c(C(=O)N2CCCC2)c1)C(=O)O. The van der Waals surface area contributed by atoms with Gasteiger partial charge in [0.25, 0.3) is 5.91 Å². The predicted molar refractivity (Wildman–Crippen MR) is 87.1 cm³/mol. The van der Waals surface area contributed by atoms with Crippen LogP contribution in [0.15, 0.2) is 17.2 Å². The summed E-state index contributed by atoms with van der Waals surface area (Å²) in [5.41, 5.74) is 0.188. The number of rotatable bonds is 7. The van der Waals surface area contributed by atoms with Gasteiger partial charge in [0, 0.05) is 19.3 Å². The Bertz CT molecular complexity index is 706. The Morgan fingerprint density at radius 2 is 2.00 bits per heavy atom. The van der Waals surface area contributed by atoms with Crippen molar-refractivity contribution in [3.63, 3.8) is 0 Å². The molecular weight excluding hydrogens is 334 g/mol. The first-order chi connectivity index (χ1) is 11.3. The van der Waals surface area contributed by atoms with Crippen molar-refractivity contribution in [3.05, 3.63) is 18.0 Å². The van der Waals surface area contributed by atoms with E-state index in [0.29, 0.717) is 19.5 Å². The maximum atomic E-state index is 12.4. The molecule has 1 aromatic rings. The summed E-state index contributed by atoms with van der Waals surface area (Å²) in [5.74, 6) is -1.83. The number of aromatic nitrogens is 1. The molecule has 9 heteroatoms. The number of carboxylic acids is 1. The second-order valence-electron chi connectivity index (χ2n) is 6.07. The van der Waals surface area contributed by atoms with Crippen LogP contribution in [0.25, 0.3) is 0 Å². The number of likely N-dealkylation sites (tertiary alicyclic amines) is 1. The lowest BCUT2D eigenvalue weighted by molar-refractivity contribution is -0.140. The quantitative estimate of drug-likeness (QED) is 0.673. The van der Waals surface area contributed by atoms with E-state index in [0.717, 1.165) is 12.8 Å². The molecule has 1 fully saturated rings. The molecule has 24 heavy (non-hydrogen) atoms. The van der Waals surface area contributed by atoms with Crippen molar-refractivity contribution in [2.45, 2.75) is 44.0 Å². The van der Waals surface area contributed by atoms with Gasteiger partial charge in [-0.15, -0.1) is 0 Å². The largest absolute Gasteiger partial charge is 0.480 e. The Balaban J connectivity index is 2.17. The number of carbonyl (C=O) groups is 2. The Morgan fingerprint density at radius 1 is 1.38 bits per heavy atom. The number of nitrogens with one attached hydrogen (secondary N) is 2. The summed E-state index contributed by atoms with van der Waals surface area (Å²) in [6.07, 6.45) is 3.61. The lowest BCUT2D eigenvalue weighted by Crippen LogP contribution is -2.44. The minimum absolute atomic E-state index is 0.139. The van der Waals surface area contributed by atoms with E-state index in [4.69, 9.17) is 0 Å². The van der Waals surface area contributed by atoms with Crippen molar-refractivity contribution in [1.82, 2.24) is 14.6 Å². The highest BCUT2D eigenvalue weighted by Crippen LogP contribution is 2.17. The highest BCUT2D eigenvalue weighted by atomic mass is 32.2. The third-order valence-corrected chi connectivity index (χ3v) is 5.77. The number of aliphatic carboxylic acids is 1. The summed E-state index contributed by atoms with van der Waals surface area (Å²) in [6.45, 7) is 4.78. The van der Waals surface area contributed by atoms with E-state index < -0.39 is 22.0 Å². The van der Waals surface area contributed by atoms with E-state index in [1.807, 2.05) is 0 Å². The molecule has 0 aliphatic carbocycles. The summed E-state index contributed by atoms with van der Waals surface area (Å²) >= 11 is 0. The number of carboxylic acid groups (broad SMARTS) is 1. The molecule has 2 atom stereocenters. The predicted octanol–water partition coefficient (Wildman–Crippen LogP) is 1.03. The van der Waals surface area contributed by atoms with E-state index in [1.165, 1.54) is 12.3 Å². The molecule has 0 saturated carbocycles. The van der Waals surface area contributed by atoms with Gasteiger partial charge in [0.05, 0.1) is 0 Å². The fraction of sp³-hybridized carbons (Fsp3) is 0.600. The maximum Gasteiger partial charge on any atom is 0.322 e. The summed E-state index contributed by atoms with van der Waals surface area (Å²) in [6, 6.07) is 0.0334. The summed E-state index contributed by atoms with van der Waals surface area (Å²) in [4.78, 5) is 27.8. The van der Waals surface area contributed by atoms with Gasteiger partial charge in [0.15, 0.2) is 0 Å². The van der Waals surface area contributed by atoms with Crippen LogP contribution in [0.4, 0.5) is 0 Å². The van der Waals surface area contributed by atoms with Gasteiger partial charge in [-0.1, -0.05) is 20.3 Å². The molecule has 0 bridgehead atoms. The summed E-state index contributed by atoms with van der Waals surface area (Å²) in [7, 11) is -4.03. The second-order valence-corrected chi connectivity index (χ2v) is 7.79. The molecule has 0 aromatic carbocycles. The molecule has 8 nitrogen and oxygen atoms in total. The third-order valence-electron chi connectivity index (χ3n) is 4.35. The number of hydrogen-bond donors (Lipinski definition) is 3. The van der Waals surface area contributed by atoms with Crippen LogP contribution in [-0.2, 0) is 14.8 Å². The van der Waals surface area contributed by atoms with Crippen molar-refractivity contribution in [1.29, 1.82) is 0 Å². The van der Waals surface area contributed by atoms with Gasteiger partial charge in [-0.05, 0) is 24.8 Å². The number of carbonyl (C=O) groups excluding carboxylic acids is 1. The molecule has 1 saturated heterocycles. The number of amides is 1. The fourth-order valence-electron chi connectivity index (χ4n) is 2.62. The van der Waals surface area contributed by atoms with Crippen LogP contribution in [0.1, 0.15) is 43.6 Å². The minimum Gasteiger partial charge on any atom is -0.480 e. The van der Waals surface area contributed by atoms with Gasteiger partial charge in [0.1, 0.15) is 16.6 Å². The first-order valence-corrected chi connectivity index (χ1v) is 9.47. The third kappa shape index (κ3) is 3.96. The van der Waals surface area contributed by atoms with Gasteiger partial charge in [-0.25, -0.2) is 8.42 Å². The zero-order chi connectivity index (χ0) is 17.9. The van der Waals surface area contributed by atoms with Crippen LogP contribution in [0.3, 0.4) is 0 Å². The molecule has 1 aromatic heterocycles. The van der Waals surface area contributed by atoms with E-state index in [2.05, 4.69) is 9.71 Å². The van der Waals surface area contributed by atoms with E-state index in [9.17, 15) is 23.1 Å². The van der Waals surface area contributed by atoms with E-state index in [1.54, 1.807) is 18.7 Å². The number of nitrogens with zero attached hydrogens (tertiary/aromatic N) is 1. The molecule has 134 valence electrons. The fourth-order valence-corrected chi connectivity index (χ4v) is 3.92. The highest BCUT2D eigenvalue weighted by Gasteiger charge is 2.30. The normalized spacial score (nSPS) is 17.7. The second kappa shape index (κ2) is 7.35. The standard InChI is InChI=1S/C15H23N3O5S/c1-3-10(2)13(15(20)21)17-24(22,23)11-8-12(16-9-11)14(19)18-6-4-5-7-18/h8-10,13,16-17H,3-7H2,1-2H3,(H,20,21)/t10-,13-/m0/s1. The summed E-state index contributed by atoms with van der Waals surface area (Å²) < 4.78 is 27.0. The van der Waals surface area contributed by atoms with Crippen molar-refractivity contribution in [3.8, 4) is 0 Å². The molecule has 1 aliphatic rings. The summed E-state index contributed by atoms with van der Waals surface area (Å²) in [5, 5.41) is 9.23. The van der Waals surface area contributed by atoms with Crippen LogP contribution in [-0.4, -0.2) is 54.4 Å². The number of aromatic amines is 1. The van der Waals surface area contributed by atoms with Crippen LogP contribution >= 0.6 is 0 Å². The number of hydrogen-bond acceptors (Lipinski definition) is 4. The highest BCUT2D eigenvalue weighted by molar-refractivity contribution is 7.89. The van der Waals surface area contributed by atoms with E-state index >= 15 is 0 Å². The smallest absolute Gasteiger partial charge is 0.322 e. The van der Waals surface area contributed by atoms with Crippen molar-refractivity contribution < 1.29 is 23.1 Å². The Labute approximate surface area is 141 Å². The van der Waals surface area contributed by atoms with Crippen molar-refractivity contribution in [2.75, 3.05) is 13.1 Å². The first-order valence-electron chi connectivity index (χ1n) is 7.99. The molecular formula is C15H23N3O5S. The van der Waals surface area contributed by atoms with Crippen LogP contribution in [0, 0.1) is 5.92 Å². The van der Waals surface area contributed by atoms with Gasteiger partial charge in [-0.3, -0.25) is 9.59 Å². The molecule has 1 amide bonds. The van der Waals surface area contributed by atoms with Crippen LogP contribution in [0.5, 0.6) is 0 Å². The molecule has 0 unspecified atom stereocenters. The van der Waals surface area contributed by atoms with Gasteiger partial charge in [0.2, 0.25) is 10.0 Å². The average molecular weight is 357 g/mol. The van der Waals surface area contributed by atoms with Crippen LogP contribution < -0.4 is 4.72 Å². The minimum atomic E-state index is -4.03. The zero-order valence-corrected chi connectivity index (χ0v) is 14.6. The average Bonchev–Trinajstić information content (AvgIpc) is 3.22. The van der Waals surface area contributed by atoms with E-state index in [-0.39, 0.29) is 22.4 Å². The number of H-pyrrole nitrogens is 1. The Hall–Kier alpha value is -1.87. The van der Waals surface area contributed by atoms with Gasteiger partial charge in [-0.2, -0.15) is 4.72 Å². The lowest BCUT2D eigenvalue weighted by Gasteiger charge is -2.19. The topological polar surface area (TPSA) is 120 Å². The number of sulfonamides is 1. The Morgan fingerprint density at radius 3 is 2.54 bits per heavy atom. The molecule has 0 spiro atoms. The van der Waals surface area contributed by atoms with Crippen LogP contribution in [0.2, 0.25) is 0 Å². The Kier molecular flexibility index (Phi) is 5.66. The van der Waals surface area contributed by atoms with Gasteiger partial charge < -0.3 is 15.0 Å². The molecule has 1 aliphatic heterocycles. The maximum absolute atomic E-state index is 12.4. The van der Waals surface area contributed by atoms with Crippen molar-refractivity contribution >= 4 is 21.9 Å². The zero-order valence-electron chi connectivity index (χ0n) is 13.8. The molecule has 0 radical (unpaired) electrons. The first kappa shape index (κ1) is 18.5. The van der Waals surface area contributed by atoms with Gasteiger partial charge >= 0.3 is 5.97 Å². The molecule has 2 heterocycles. The molecule has 3 N–H and O–H groups in total. The monoisotopic (exact) mass is 357 g/mol.